The third kappa shape index (κ3) is 4.75. The fourth-order valence-electron chi connectivity index (χ4n) is 5.24. The van der Waals surface area contributed by atoms with Gasteiger partial charge in [-0.1, -0.05) is 0 Å². The third-order valence-corrected chi connectivity index (χ3v) is 7.06. The summed E-state index contributed by atoms with van der Waals surface area (Å²) in [6.07, 6.45) is 8.59. The van der Waals surface area contributed by atoms with E-state index in [2.05, 4.69) is 39.4 Å². The van der Waals surface area contributed by atoms with Crippen molar-refractivity contribution in [2.24, 2.45) is 0 Å². The predicted octanol–water partition coefficient (Wildman–Crippen LogP) is 5.92. The van der Waals surface area contributed by atoms with E-state index in [9.17, 15) is 4.79 Å². The van der Waals surface area contributed by atoms with E-state index < -0.39 is 6.16 Å². The van der Waals surface area contributed by atoms with Gasteiger partial charge in [-0.15, -0.1) is 0 Å². The third-order valence-electron chi connectivity index (χ3n) is 7.06. The molecule has 3 heterocycles. The summed E-state index contributed by atoms with van der Waals surface area (Å²) in [4.78, 5) is 20.1. The lowest BCUT2D eigenvalue weighted by atomic mass is 9.89. The van der Waals surface area contributed by atoms with Crippen LogP contribution in [0.15, 0.2) is 48.8 Å². The quantitative estimate of drug-likeness (QED) is 0.172. The van der Waals surface area contributed by atoms with E-state index in [0.717, 1.165) is 61.1 Å². The summed E-state index contributed by atoms with van der Waals surface area (Å²) in [5.74, 6) is 1.73. The minimum absolute atomic E-state index is 0.368. The van der Waals surface area contributed by atoms with E-state index in [1.807, 2.05) is 18.2 Å². The Labute approximate surface area is 198 Å². The Balaban J connectivity index is 1.11. The molecule has 7 nitrogen and oxygen atoms in total. The molecule has 5 rings (SSSR count). The number of unbranched alkanes of at least 4 members (excludes halogenated alkanes) is 1. The number of hydrogen-bond acceptors (Lipinski definition) is 4. The Hall–Kier alpha value is -3.45. The SMILES string of the molecule is COc1ccc2c(CCCCN3CCC(c4c[nH]c5ccc(OC(=O)O)cc45)CC3)c[nH]c2c1. The highest BCUT2D eigenvalue weighted by molar-refractivity contribution is 5.86. The standard InChI is InChI=1S/C27H31N3O4/c1-33-20-5-7-22-19(16-28-26(22)15-20)4-2-3-11-30-12-9-18(10-13-30)24-17-29-25-8-6-21(14-23(24)25)34-27(31)32/h5-8,14-18,28-29H,2-4,9-13H2,1H3,(H,31,32). The summed E-state index contributed by atoms with van der Waals surface area (Å²) in [6.45, 7) is 3.32. The number of likely N-dealkylation sites (tertiary alicyclic amines) is 1. The lowest BCUT2D eigenvalue weighted by Crippen LogP contribution is -2.33. The van der Waals surface area contributed by atoms with E-state index in [1.54, 1.807) is 13.2 Å². The molecule has 178 valence electrons. The van der Waals surface area contributed by atoms with Crippen molar-refractivity contribution in [3.05, 3.63) is 59.9 Å². The number of fused-ring (bicyclic) bond motifs is 2. The number of aryl methyl sites for hydroxylation is 1. The van der Waals surface area contributed by atoms with Crippen LogP contribution in [0.4, 0.5) is 4.79 Å². The highest BCUT2D eigenvalue weighted by atomic mass is 16.7. The summed E-state index contributed by atoms with van der Waals surface area (Å²) < 4.78 is 10.2. The van der Waals surface area contributed by atoms with Gasteiger partial charge in [-0.05, 0) is 99.1 Å². The van der Waals surface area contributed by atoms with Crippen LogP contribution in [0.2, 0.25) is 0 Å². The lowest BCUT2D eigenvalue weighted by Gasteiger charge is -2.32. The molecule has 1 saturated heterocycles. The molecule has 0 unspecified atom stereocenters. The van der Waals surface area contributed by atoms with Crippen molar-refractivity contribution in [2.45, 2.75) is 38.0 Å². The second kappa shape index (κ2) is 9.81. The van der Waals surface area contributed by atoms with Crippen molar-refractivity contribution < 1.29 is 19.4 Å². The number of ether oxygens (including phenoxy) is 2. The molecule has 3 N–H and O–H groups in total. The van der Waals surface area contributed by atoms with Crippen molar-refractivity contribution in [2.75, 3.05) is 26.7 Å². The average molecular weight is 462 g/mol. The van der Waals surface area contributed by atoms with Gasteiger partial charge in [-0.2, -0.15) is 0 Å². The van der Waals surface area contributed by atoms with E-state index in [0.29, 0.717) is 11.7 Å². The number of piperidine rings is 1. The number of rotatable bonds is 8. The van der Waals surface area contributed by atoms with Crippen LogP contribution in [0.25, 0.3) is 21.8 Å². The predicted molar refractivity (Wildman–Crippen MR) is 133 cm³/mol. The minimum Gasteiger partial charge on any atom is -0.497 e. The number of aromatic nitrogens is 2. The second-order valence-electron chi connectivity index (χ2n) is 9.12. The van der Waals surface area contributed by atoms with Crippen molar-refractivity contribution in [1.29, 1.82) is 0 Å². The van der Waals surface area contributed by atoms with Crippen LogP contribution in [-0.2, 0) is 6.42 Å². The Morgan fingerprint density at radius 2 is 1.79 bits per heavy atom. The number of nitrogens with zero attached hydrogens (tertiary/aromatic N) is 1. The maximum Gasteiger partial charge on any atom is 0.511 e. The molecule has 2 aromatic carbocycles. The molecule has 0 amide bonds. The number of nitrogens with one attached hydrogen (secondary N) is 2. The Morgan fingerprint density at radius 3 is 2.59 bits per heavy atom. The Bertz CT molecular complexity index is 1280. The van der Waals surface area contributed by atoms with Gasteiger partial charge < -0.3 is 29.4 Å². The highest BCUT2D eigenvalue weighted by Crippen LogP contribution is 2.35. The Kier molecular flexibility index (Phi) is 6.45. The van der Waals surface area contributed by atoms with Crippen LogP contribution >= 0.6 is 0 Å². The van der Waals surface area contributed by atoms with Crippen LogP contribution in [0.5, 0.6) is 11.5 Å². The van der Waals surface area contributed by atoms with E-state index in [1.165, 1.54) is 29.4 Å². The Morgan fingerprint density at radius 1 is 1.00 bits per heavy atom. The average Bonchev–Trinajstić information content (AvgIpc) is 3.45. The summed E-state index contributed by atoms with van der Waals surface area (Å²) in [7, 11) is 1.70. The van der Waals surface area contributed by atoms with E-state index in [4.69, 9.17) is 14.6 Å². The molecule has 2 aromatic heterocycles. The number of carboxylic acid groups (broad SMARTS) is 1. The van der Waals surface area contributed by atoms with Gasteiger partial charge in [0.05, 0.1) is 7.11 Å². The first-order valence-corrected chi connectivity index (χ1v) is 12.0. The van der Waals surface area contributed by atoms with Gasteiger partial charge >= 0.3 is 6.16 Å². The van der Waals surface area contributed by atoms with Crippen molar-refractivity contribution in [3.8, 4) is 11.5 Å². The minimum atomic E-state index is -1.28. The first-order chi connectivity index (χ1) is 16.6. The zero-order valence-electron chi connectivity index (χ0n) is 19.5. The summed E-state index contributed by atoms with van der Waals surface area (Å²) in [6, 6.07) is 11.6. The largest absolute Gasteiger partial charge is 0.511 e. The van der Waals surface area contributed by atoms with Gasteiger partial charge in [-0.25, -0.2) is 4.79 Å². The monoisotopic (exact) mass is 461 g/mol. The molecule has 1 fully saturated rings. The molecule has 0 aliphatic carbocycles. The maximum absolute atomic E-state index is 10.9. The first-order valence-electron chi connectivity index (χ1n) is 12.0. The van der Waals surface area contributed by atoms with Crippen molar-refractivity contribution >= 4 is 28.0 Å². The summed E-state index contributed by atoms with van der Waals surface area (Å²) in [5.41, 5.74) is 4.80. The number of hydrogen-bond donors (Lipinski definition) is 3. The maximum atomic E-state index is 10.9. The first kappa shape index (κ1) is 22.3. The van der Waals surface area contributed by atoms with Crippen molar-refractivity contribution in [1.82, 2.24) is 14.9 Å². The van der Waals surface area contributed by atoms with Gasteiger partial charge in [0.1, 0.15) is 11.5 Å². The fourth-order valence-corrected chi connectivity index (χ4v) is 5.24. The van der Waals surface area contributed by atoms with Gasteiger partial charge in [0, 0.05) is 40.3 Å². The molecule has 0 bridgehead atoms. The van der Waals surface area contributed by atoms with Crippen LogP contribution in [0, 0.1) is 0 Å². The molecule has 34 heavy (non-hydrogen) atoms. The van der Waals surface area contributed by atoms with Crippen LogP contribution in [-0.4, -0.2) is 52.9 Å². The lowest BCUT2D eigenvalue weighted by molar-refractivity contribution is 0.144. The summed E-state index contributed by atoms with van der Waals surface area (Å²) >= 11 is 0. The fraction of sp³-hybridized carbons (Fsp3) is 0.370. The molecule has 0 spiro atoms. The molecule has 0 atom stereocenters. The molecular weight excluding hydrogens is 430 g/mol. The topological polar surface area (TPSA) is 90.6 Å². The normalized spacial score (nSPS) is 15.2. The van der Waals surface area contributed by atoms with Gasteiger partial charge in [-0.3, -0.25) is 0 Å². The zero-order valence-corrected chi connectivity index (χ0v) is 19.5. The van der Waals surface area contributed by atoms with Gasteiger partial charge in [0.15, 0.2) is 0 Å². The van der Waals surface area contributed by atoms with Crippen LogP contribution < -0.4 is 9.47 Å². The molecular formula is C27H31N3O4. The number of methoxy groups -OCH3 is 1. The number of aromatic amines is 2. The number of H-pyrrole nitrogens is 2. The van der Waals surface area contributed by atoms with Crippen LogP contribution in [0.1, 0.15) is 42.7 Å². The van der Waals surface area contributed by atoms with Gasteiger partial charge in [0.2, 0.25) is 0 Å². The zero-order chi connectivity index (χ0) is 23.5. The molecule has 7 heteroatoms. The highest BCUT2D eigenvalue weighted by Gasteiger charge is 2.23. The second-order valence-corrected chi connectivity index (χ2v) is 9.12. The van der Waals surface area contributed by atoms with Gasteiger partial charge in [0.25, 0.3) is 0 Å². The molecule has 0 radical (unpaired) electrons. The molecule has 1 aliphatic heterocycles. The van der Waals surface area contributed by atoms with Crippen LogP contribution in [0.3, 0.4) is 0 Å². The molecule has 4 aromatic rings. The molecule has 0 saturated carbocycles. The molecule has 1 aliphatic rings. The van der Waals surface area contributed by atoms with E-state index in [-0.39, 0.29) is 0 Å². The smallest absolute Gasteiger partial charge is 0.497 e. The van der Waals surface area contributed by atoms with Crippen molar-refractivity contribution in [3.63, 3.8) is 0 Å². The van der Waals surface area contributed by atoms with E-state index >= 15 is 0 Å². The number of benzene rings is 2. The number of carbonyl (C=O) groups is 1. The summed E-state index contributed by atoms with van der Waals surface area (Å²) in [5, 5.41) is 11.3.